The van der Waals surface area contributed by atoms with Crippen LogP contribution in [0.2, 0.25) is 0 Å². The van der Waals surface area contributed by atoms with Crippen LogP contribution >= 0.6 is 23.7 Å². The molecule has 6 nitrogen and oxygen atoms in total. The number of hydrogen-bond donors (Lipinski definition) is 3. The van der Waals surface area contributed by atoms with Gasteiger partial charge < -0.3 is 10.6 Å². The molecular formula is C17H21ClFN3O3S2. The van der Waals surface area contributed by atoms with Crippen LogP contribution in [0.3, 0.4) is 0 Å². The molecule has 10 heteroatoms. The molecule has 2 heterocycles. The number of carbonyl (C=O) groups is 1. The second-order valence-electron chi connectivity index (χ2n) is 6.18. The maximum absolute atomic E-state index is 14.0. The summed E-state index contributed by atoms with van der Waals surface area (Å²) >= 11 is 1.04. The van der Waals surface area contributed by atoms with E-state index < -0.39 is 15.8 Å². The molecule has 0 spiro atoms. The molecule has 1 unspecified atom stereocenters. The van der Waals surface area contributed by atoms with Crippen molar-refractivity contribution in [2.45, 2.75) is 23.5 Å². The van der Waals surface area contributed by atoms with Crippen molar-refractivity contribution in [2.75, 3.05) is 23.1 Å². The highest BCUT2D eigenvalue weighted by Gasteiger charge is 2.19. The van der Waals surface area contributed by atoms with Crippen molar-refractivity contribution in [3.63, 3.8) is 0 Å². The Morgan fingerprint density at radius 2 is 2.15 bits per heavy atom. The molecule has 0 saturated carbocycles. The largest absolute Gasteiger partial charge is 0.326 e. The minimum atomic E-state index is -3.85. The molecule has 0 aliphatic carbocycles. The van der Waals surface area contributed by atoms with Gasteiger partial charge in [-0.25, -0.2) is 12.8 Å². The Kier molecular flexibility index (Phi) is 7.60. The number of halogens is 2. The summed E-state index contributed by atoms with van der Waals surface area (Å²) in [6.45, 7) is 1.91. The molecule has 0 radical (unpaired) electrons. The minimum absolute atomic E-state index is 0. The van der Waals surface area contributed by atoms with Gasteiger partial charge >= 0.3 is 0 Å². The molecule has 27 heavy (non-hydrogen) atoms. The molecule has 0 bridgehead atoms. The molecule has 1 aromatic heterocycles. The van der Waals surface area contributed by atoms with Crippen LogP contribution < -0.4 is 15.4 Å². The first kappa shape index (κ1) is 21.6. The zero-order valence-electron chi connectivity index (χ0n) is 14.4. The number of amides is 1. The number of sulfonamides is 1. The van der Waals surface area contributed by atoms with Crippen LogP contribution in [0.25, 0.3) is 0 Å². The van der Waals surface area contributed by atoms with E-state index in [2.05, 4.69) is 15.4 Å². The lowest BCUT2D eigenvalue weighted by Crippen LogP contribution is -2.16. The molecule has 2 aromatic rings. The highest BCUT2D eigenvalue weighted by molar-refractivity contribution is 7.94. The number of hydrogen-bond acceptors (Lipinski definition) is 5. The smallest absolute Gasteiger partial charge is 0.271 e. The predicted octanol–water partition coefficient (Wildman–Crippen LogP) is 3.44. The molecule has 1 saturated heterocycles. The second kappa shape index (κ2) is 9.50. The monoisotopic (exact) mass is 433 g/mol. The van der Waals surface area contributed by atoms with Crippen LogP contribution in [0.5, 0.6) is 0 Å². The van der Waals surface area contributed by atoms with Gasteiger partial charge in [0.2, 0.25) is 5.91 Å². The third-order valence-corrected chi connectivity index (χ3v) is 6.96. The fraction of sp³-hybridized carbons (Fsp3) is 0.353. The van der Waals surface area contributed by atoms with Crippen LogP contribution in [0.1, 0.15) is 19.3 Å². The molecule has 3 rings (SSSR count). The molecule has 148 valence electrons. The van der Waals surface area contributed by atoms with E-state index in [0.717, 1.165) is 43.3 Å². The molecule has 1 aromatic carbocycles. The van der Waals surface area contributed by atoms with Crippen molar-refractivity contribution >= 4 is 51.0 Å². The van der Waals surface area contributed by atoms with Crippen molar-refractivity contribution in [3.8, 4) is 0 Å². The maximum Gasteiger partial charge on any atom is 0.271 e. The number of nitrogens with one attached hydrogen (secondary N) is 3. The lowest BCUT2D eigenvalue weighted by atomic mass is 10.0. The molecule has 1 fully saturated rings. The summed E-state index contributed by atoms with van der Waals surface area (Å²) in [4.78, 5) is 12.1. The lowest BCUT2D eigenvalue weighted by Gasteiger charge is -2.11. The van der Waals surface area contributed by atoms with E-state index in [-0.39, 0.29) is 28.2 Å². The van der Waals surface area contributed by atoms with E-state index in [4.69, 9.17) is 0 Å². The van der Waals surface area contributed by atoms with Crippen molar-refractivity contribution in [3.05, 3.63) is 41.5 Å². The summed E-state index contributed by atoms with van der Waals surface area (Å²) in [6, 6.07) is 6.87. The Hall–Kier alpha value is -1.68. The van der Waals surface area contributed by atoms with Crippen LogP contribution in [-0.4, -0.2) is 27.4 Å². The first-order valence-electron chi connectivity index (χ1n) is 8.30. The fourth-order valence-electron chi connectivity index (χ4n) is 2.81. The first-order valence-corrected chi connectivity index (χ1v) is 10.7. The molecule has 1 amide bonds. The SMILES string of the molecule is Cl.O=C(CCC1CCNC1)Nc1ccc(F)c(NS(=O)(=O)c2cccs2)c1. The first-order chi connectivity index (χ1) is 12.4. The van der Waals surface area contributed by atoms with Gasteiger partial charge in [0.1, 0.15) is 10.0 Å². The summed E-state index contributed by atoms with van der Waals surface area (Å²) in [5, 5.41) is 7.58. The average Bonchev–Trinajstić information content (AvgIpc) is 3.29. The van der Waals surface area contributed by atoms with Gasteiger partial charge in [0, 0.05) is 12.1 Å². The maximum atomic E-state index is 14.0. The van der Waals surface area contributed by atoms with E-state index in [1.807, 2.05) is 0 Å². The van der Waals surface area contributed by atoms with Gasteiger partial charge in [0.05, 0.1) is 5.69 Å². The molecule has 1 aliphatic rings. The summed E-state index contributed by atoms with van der Waals surface area (Å²) in [5.41, 5.74) is 0.154. The van der Waals surface area contributed by atoms with E-state index in [1.165, 1.54) is 18.2 Å². The standard InChI is InChI=1S/C17H20FN3O3S2.ClH/c18-14-5-4-13(20-16(22)6-3-12-7-8-19-11-12)10-15(14)21-26(23,24)17-2-1-9-25-17;/h1-2,4-5,9-10,12,19,21H,3,6-8,11H2,(H,20,22);1H. The second-order valence-corrected chi connectivity index (χ2v) is 9.03. The third kappa shape index (κ3) is 5.90. The van der Waals surface area contributed by atoms with E-state index in [9.17, 15) is 17.6 Å². The molecule has 1 aliphatic heterocycles. The molecular weight excluding hydrogens is 413 g/mol. The van der Waals surface area contributed by atoms with Crippen LogP contribution in [0.15, 0.2) is 39.9 Å². The zero-order chi connectivity index (χ0) is 18.6. The van der Waals surface area contributed by atoms with Crippen molar-refractivity contribution in [1.82, 2.24) is 5.32 Å². The van der Waals surface area contributed by atoms with Crippen LogP contribution in [-0.2, 0) is 14.8 Å². The summed E-state index contributed by atoms with van der Waals surface area (Å²) in [7, 11) is -3.85. The minimum Gasteiger partial charge on any atom is -0.326 e. The Balaban J connectivity index is 0.00000261. The van der Waals surface area contributed by atoms with Gasteiger partial charge in [-0.2, -0.15) is 0 Å². The lowest BCUT2D eigenvalue weighted by molar-refractivity contribution is -0.116. The van der Waals surface area contributed by atoms with E-state index >= 15 is 0 Å². The average molecular weight is 434 g/mol. The van der Waals surface area contributed by atoms with E-state index in [1.54, 1.807) is 11.4 Å². The molecule has 1 atom stereocenters. The normalized spacial score (nSPS) is 16.6. The Morgan fingerprint density at radius 3 is 2.81 bits per heavy atom. The third-order valence-electron chi connectivity index (χ3n) is 4.20. The Bertz CT molecular complexity index is 870. The van der Waals surface area contributed by atoms with Crippen molar-refractivity contribution < 1.29 is 17.6 Å². The number of rotatable bonds is 7. The summed E-state index contributed by atoms with van der Waals surface area (Å²) in [5.74, 6) is -0.377. The van der Waals surface area contributed by atoms with Gasteiger partial charge in [-0.3, -0.25) is 9.52 Å². The zero-order valence-corrected chi connectivity index (χ0v) is 16.9. The van der Waals surface area contributed by atoms with Crippen molar-refractivity contribution in [1.29, 1.82) is 0 Å². The quantitative estimate of drug-likeness (QED) is 0.624. The van der Waals surface area contributed by atoms with Crippen molar-refractivity contribution in [2.24, 2.45) is 5.92 Å². The Labute approximate surface area is 168 Å². The highest BCUT2D eigenvalue weighted by Crippen LogP contribution is 2.25. The summed E-state index contributed by atoms with van der Waals surface area (Å²) in [6.07, 6.45) is 2.23. The van der Waals surface area contributed by atoms with Gasteiger partial charge in [-0.05, 0) is 61.5 Å². The number of thiophene rings is 1. The van der Waals surface area contributed by atoms with Gasteiger partial charge in [-0.1, -0.05) is 6.07 Å². The van der Waals surface area contributed by atoms with Gasteiger partial charge in [-0.15, -0.1) is 23.7 Å². The van der Waals surface area contributed by atoms with Crippen LogP contribution in [0.4, 0.5) is 15.8 Å². The van der Waals surface area contributed by atoms with E-state index in [0.29, 0.717) is 18.0 Å². The summed E-state index contributed by atoms with van der Waals surface area (Å²) < 4.78 is 40.8. The number of benzene rings is 1. The predicted molar refractivity (Wildman–Crippen MR) is 108 cm³/mol. The Morgan fingerprint density at radius 1 is 1.33 bits per heavy atom. The fourth-order valence-corrected chi connectivity index (χ4v) is 4.86. The number of carbonyl (C=O) groups excluding carboxylic acids is 1. The topological polar surface area (TPSA) is 87.3 Å². The van der Waals surface area contributed by atoms with Gasteiger partial charge in [0.25, 0.3) is 10.0 Å². The highest BCUT2D eigenvalue weighted by atomic mass is 35.5. The van der Waals surface area contributed by atoms with Crippen LogP contribution in [0, 0.1) is 11.7 Å². The molecule has 3 N–H and O–H groups in total. The van der Waals surface area contributed by atoms with Gasteiger partial charge in [0.15, 0.2) is 0 Å². The number of anilines is 2.